The summed E-state index contributed by atoms with van der Waals surface area (Å²) < 4.78 is 0. The number of thiazole rings is 1. The Morgan fingerprint density at radius 2 is 1.96 bits per heavy atom. The van der Waals surface area contributed by atoms with Crippen LogP contribution in [-0.2, 0) is 0 Å². The number of nitrogens with one attached hydrogen (secondary N) is 1. The number of anilines is 1. The number of hydrogen-bond acceptors (Lipinski definition) is 6. The Balaban J connectivity index is 1.68. The first-order valence-electron chi connectivity index (χ1n) is 7.40. The predicted molar refractivity (Wildman–Crippen MR) is 99.8 cm³/mol. The van der Waals surface area contributed by atoms with E-state index in [0.717, 1.165) is 22.4 Å². The highest BCUT2D eigenvalue weighted by Gasteiger charge is 2.11. The van der Waals surface area contributed by atoms with Crippen LogP contribution in [-0.4, -0.2) is 28.4 Å². The summed E-state index contributed by atoms with van der Waals surface area (Å²) in [6.07, 6.45) is 1.69. The van der Waals surface area contributed by atoms with Gasteiger partial charge in [0.1, 0.15) is 0 Å². The van der Waals surface area contributed by atoms with Crippen LogP contribution in [0.15, 0.2) is 59.0 Å². The van der Waals surface area contributed by atoms with E-state index in [1.807, 2.05) is 42.6 Å². The second-order valence-electron chi connectivity index (χ2n) is 5.26. The van der Waals surface area contributed by atoms with Crippen LogP contribution in [0.1, 0.15) is 11.1 Å². The Morgan fingerprint density at radius 3 is 2.67 bits per heavy atom. The molecule has 3 N–H and O–H groups in total. The van der Waals surface area contributed by atoms with Gasteiger partial charge in [0, 0.05) is 10.9 Å². The molecule has 0 radical (unpaired) electrons. The summed E-state index contributed by atoms with van der Waals surface area (Å²) in [5.74, 6) is 0. The van der Waals surface area contributed by atoms with Crippen LogP contribution < -0.4 is 10.9 Å². The zero-order valence-electron chi connectivity index (χ0n) is 13.0. The zero-order valence-corrected chi connectivity index (χ0v) is 13.9. The van der Waals surface area contributed by atoms with E-state index in [2.05, 4.69) is 15.5 Å². The van der Waals surface area contributed by atoms with Crippen LogP contribution in [0.25, 0.3) is 11.3 Å². The summed E-state index contributed by atoms with van der Waals surface area (Å²) in [4.78, 5) is 4.50. The number of aromatic nitrogens is 1. The van der Waals surface area contributed by atoms with Crippen LogP contribution >= 0.6 is 11.3 Å². The minimum Gasteiger partial charge on any atom is -0.423 e. The van der Waals surface area contributed by atoms with Crippen molar-refractivity contribution in [3.05, 3.63) is 65.0 Å². The van der Waals surface area contributed by atoms with Gasteiger partial charge < -0.3 is 10.0 Å². The van der Waals surface area contributed by atoms with E-state index in [0.29, 0.717) is 10.6 Å². The minimum atomic E-state index is -1.46. The molecular weight excluding hydrogens is 321 g/mol. The third kappa shape index (κ3) is 3.89. The van der Waals surface area contributed by atoms with E-state index in [-0.39, 0.29) is 0 Å². The first kappa shape index (κ1) is 16.4. The predicted octanol–water partition coefficient (Wildman–Crippen LogP) is 2.24. The Labute approximate surface area is 144 Å². The van der Waals surface area contributed by atoms with Gasteiger partial charge in [-0.2, -0.15) is 5.10 Å². The topological polar surface area (TPSA) is 77.7 Å². The van der Waals surface area contributed by atoms with Gasteiger partial charge in [-0.3, -0.25) is 5.43 Å². The van der Waals surface area contributed by atoms with Gasteiger partial charge in [-0.15, -0.1) is 11.3 Å². The third-order valence-corrected chi connectivity index (χ3v) is 4.28. The lowest BCUT2D eigenvalue weighted by atomic mass is 9.79. The van der Waals surface area contributed by atoms with E-state index >= 15 is 0 Å². The fourth-order valence-corrected chi connectivity index (χ4v) is 2.90. The summed E-state index contributed by atoms with van der Waals surface area (Å²) in [6.45, 7) is 1.89. The van der Waals surface area contributed by atoms with Crippen LogP contribution in [0.2, 0.25) is 0 Å². The molecule has 1 aromatic heterocycles. The van der Waals surface area contributed by atoms with Gasteiger partial charge in [0.25, 0.3) is 0 Å². The van der Waals surface area contributed by atoms with Crippen molar-refractivity contribution >= 4 is 35.3 Å². The van der Waals surface area contributed by atoms with Crippen LogP contribution in [0.4, 0.5) is 5.13 Å². The average molecular weight is 337 g/mol. The van der Waals surface area contributed by atoms with Crippen molar-refractivity contribution in [2.75, 3.05) is 5.43 Å². The van der Waals surface area contributed by atoms with E-state index in [9.17, 15) is 0 Å². The summed E-state index contributed by atoms with van der Waals surface area (Å²) >= 11 is 1.49. The van der Waals surface area contributed by atoms with Crippen molar-refractivity contribution in [2.45, 2.75) is 6.92 Å². The van der Waals surface area contributed by atoms with Gasteiger partial charge in [0.15, 0.2) is 0 Å². The van der Waals surface area contributed by atoms with Gasteiger partial charge in [0.2, 0.25) is 5.13 Å². The van der Waals surface area contributed by atoms with Crippen molar-refractivity contribution in [1.29, 1.82) is 0 Å². The van der Waals surface area contributed by atoms with E-state index in [4.69, 9.17) is 10.0 Å². The van der Waals surface area contributed by atoms with Gasteiger partial charge >= 0.3 is 7.12 Å². The highest BCUT2D eigenvalue weighted by Crippen LogP contribution is 2.24. The highest BCUT2D eigenvalue weighted by atomic mass is 32.1. The van der Waals surface area contributed by atoms with Gasteiger partial charge in [-0.25, -0.2) is 4.98 Å². The second-order valence-corrected chi connectivity index (χ2v) is 6.12. The smallest absolute Gasteiger partial charge is 0.423 e. The Kier molecular flexibility index (Phi) is 5.05. The summed E-state index contributed by atoms with van der Waals surface area (Å²) in [7, 11) is -1.46. The van der Waals surface area contributed by atoms with Crippen molar-refractivity contribution in [1.82, 2.24) is 4.98 Å². The standard InChI is InChI=1S/C17H16BN3O2S/c1-12-9-15(18(22)23)8-7-14(12)10-19-21-17-20-16(11-24-17)13-5-3-2-4-6-13/h2-11,22-23H,1H3,(H,20,21). The number of nitrogens with zero attached hydrogens (tertiary/aromatic N) is 2. The molecule has 0 saturated carbocycles. The molecule has 5 nitrogen and oxygen atoms in total. The molecule has 120 valence electrons. The minimum absolute atomic E-state index is 0.463. The van der Waals surface area contributed by atoms with Gasteiger partial charge in [0.05, 0.1) is 11.9 Å². The molecule has 7 heteroatoms. The maximum absolute atomic E-state index is 9.16. The van der Waals surface area contributed by atoms with Crippen LogP contribution in [0, 0.1) is 6.92 Å². The summed E-state index contributed by atoms with van der Waals surface area (Å²) in [6, 6.07) is 15.2. The molecule has 0 spiro atoms. The molecule has 2 aromatic carbocycles. The molecule has 0 unspecified atom stereocenters. The molecule has 0 bridgehead atoms. The molecule has 0 aliphatic carbocycles. The van der Waals surface area contributed by atoms with E-state index < -0.39 is 7.12 Å². The number of aryl methyl sites for hydroxylation is 1. The quantitative estimate of drug-likeness (QED) is 0.379. The Bertz CT molecular complexity index is 850. The van der Waals surface area contributed by atoms with Gasteiger partial charge in [-0.05, 0) is 23.5 Å². The monoisotopic (exact) mass is 337 g/mol. The molecule has 1 heterocycles. The highest BCUT2D eigenvalue weighted by molar-refractivity contribution is 7.14. The van der Waals surface area contributed by atoms with Crippen LogP contribution in [0.3, 0.4) is 0 Å². The Hall–Kier alpha value is -2.48. The maximum Gasteiger partial charge on any atom is 0.488 e. The van der Waals surface area contributed by atoms with Crippen molar-refractivity contribution < 1.29 is 10.0 Å². The largest absolute Gasteiger partial charge is 0.488 e. The first-order valence-corrected chi connectivity index (χ1v) is 8.28. The molecule has 24 heavy (non-hydrogen) atoms. The fraction of sp³-hybridized carbons (Fsp3) is 0.0588. The Morgan fingerprint density at radius 1 is 1.17 bits per heavy atom. The molecule has 0 aliphatic rings. The van der Waals surface area contributed by atoms with Gasteiger partial charge in [-0.1, -0.05) is 48.5 Å². The van der Waals surface area contributed by atoms with Crippen LogP contribution in [0.5, 0.6) is 0 Å². The summed E-state index contributed by atoms with van der Waals surface area (Å²) in [5.41, 5.74) is 7.18. The number of hydrogen-bond donors (Lipinski definition) is 3. The van der Waals surface area contributed by atoms with Crippen molar-refractivity contribution in [3.8, 4) is 11.3 Å². The lowest BCUT2D eigenvalue weighted by molar-refractivity contribution is 0.425. The molecule has 0 atom stereocenters. The van der Waals surface area contributed by atoms with E-state index in [1.165, 1.54) is 11.3 Å². The lowest BCUT2D eigenvalue weighted by Crippen LogP contribution is -2.30. The second kappa shape index (κ2) is 7.40. The molecular formula is C17H16BN3O2S. The number of benzene rings is 2. The van der Waals surface area contributed by atoms with Crippen molar-refractivity contribution in [2.24, 2.45) is 5.10 Å². The molecule has 0 aliphatic heterocycles. The van der Waals surface area contributed by atoms with E-state index in [1.54, 1.807) is 24.4 Å². The molecule has 3 rings (SSSR count). The lowest BCUT2D eigenvalue weighted by Gasteiger charge is -2.04. The van der Waals surface area contributed by atoms with Crippen molar-refractivity contribution in [3.63, 3.8) is 0 Å². The molecule has 3 aromatic rings. The molecule has 0 fully saturated rings. The zero-order chi connectivity index (χ0) is 16.9. The number of rotatable bonds is 5. The normalized spacial score (nSPS) is 11.0. The maximum atomic E-state index is 9.16. The molecule has 0 saturated heterocycles. The third-order valence-electron chi connectivity index (χ3n) is 3.53. The SMILES string of the molecule is Cc1cc(B(O)O)ccc1C=NNc1nc(-c2ccccc2)cs1. The number of hydrazone groups is 1. The average Bonchev–Trinajstić information content (AvgIpc) is 3.06. The fourth-order valence-electron chi connectivity index (χ4n) is 2.23. The summed E-state index contributed by atoms with van der Waals surface area (Å²) in [5, 5.41) is 25.2. The molecule has 0 amide bonds. The first-order chi connectivity index (χ1) is 11.6.